The van der Waals surface area contributed by atoms with Crippen molar-refractivity contribution in [3.63, 3.8) is 0 Å². The monoisotopic (exact) mass is 646 g/mol. The van der Waals surface area contributed by atoms with E-state index in [9.17, 15) is 14.7 Å². The van der Waals surface area contributed by atoms with Gasteiger partial charge in [-0.05, 0) is 88.2 Å². The molecule has 2 aliphatic rings. The van der Waals surface area contributed by atoms with Crippen LogP contribution in [-0.2, 0) is 11.3 Å². The number of pyridine rings is 1. The number of carbonyl (C=O) groups excluding carboxylic acids is 2. The maximum atomic E-state index is 14.4. The van der Waals surface area contributed by atoms with E-state index in [1.807, 2.05) is 32.0 Å². The third-order valence-electron chi connectivity index (χ3n) is 8.63. The molecule has 2 amide bonds. The molecule has 11 heteroatoms. The number of aromatic nitrogens is 1. The molecule has 0 radical (unpaired) electrons. The van der Waals surface area contributed by atoms with Crippen LogP contribution < -0.4 is 19.5 Å². The molecule has 0 fully saturated rings. The highest BCUT2D eigenvalue weighted by atomic mass is 16.7. The first-order chi connectivity index (χ1) is 22.7. The Balaban J connectivity index is 1.38. The number of aliphatic hydroxyl groups excluding tert-OH is 1. The molecule has 2 N–H and O–H groups in total. The normalized spacial score (nSPS) is 21.0. The Bertz CT molecular complexity index is 1500. The number of fused-ring (bicyclic) bond motifs is 2. The topological polar surface area (TPSA) is 123 Å². The highest BCUT2D eigenvalue weighted by molar-refractivity contribution is 6.05. The van der Waals surface area contributed by atoms with Gasteiger partial charge in [0.1, 0.15) is 5.75 Å². The molecule has 0 spiro atoms. The maximum absolute atomic E-state index is 14.4. The lowest BCUT2D eigenvalue weighted by Crippen LogP contribution is -2.47. The molecular formula is C36H46N4O7. The Kier molecular flexibility index (Phi) is 11.7. The molecule has 3 heterocycles. The van der Waals surface area contributed by atoms with Crippen molar-refractivity contribution in [2.45, 2.75) is 64.8 Å². The summed E-state index contributed by atoms with van der Waals surface area (Å²) in [6.45, 7) is 8.21. The van der Waals surface area contributed by atoms with Crippen molar-refractivity contribution < 1.29 is 33.6 Å². The van der Waals surface area contributed by atoms with Crippen molar-refractivity contribution in [1.82, 2.24) is 14.8 Å². The molecular weight excluding hydrogens is 600 g/mol. The molecule has 4 atom stereocenters. The first-order valence-electron chi connectivity index (χ1n) is 16.3. The number of likely N-dealkylation sites (N-methyl/N-ethyl adjacent to an activating group) is 1. The number of nitrogens with zero attached hydrogens (tertiary/aromatic N) is 3. The average Bonchev–Trinajstić information content (AvgIpc) is 3.54. The number of aliphatic hydroxyl groups is 1. The van der Waals surface area contributed by atoms with Gasteiger partial charge in [0.25, 0.3) is 11.8 Å². The first-order valence-corrected chi connectivity index (χ1v) is 16.3. The van der Waals surface area contributed by atoms with Crippen molar-refractivity contribution in [2.24, 2.45) is 5.92 Å². The number of amides is 2. The smallest absolute Gasteiger partial charge is 0.258 e. The summed E-state index contributed by atoms with van der Waals surface area (Å²) in [6, 6.07) is 13.9. The van der Waals surface area contributed by atoms with Crippen LogP contribution >= 0.6 is 0 Å². The standard InChI is InChI=1S/C36H46N4O7/c1-24-19-40(25(2)22-41)36(43)30-18-29(38-35(42)28-12-14-37-15-13-28)9-11-31(30)47-26(3)7-5-6-16-44-34(24)21-39(4)20-27-8-10-32-33(17-27)46-23-45-32/h8-15,17-18,24-26,34,41H,5-7,16,19-23H2,1-4H3,(H,38,42)/t24-,25+,26-,34+/m1/s1. The lowest BCUT2D eigenvalue weighted by molar-refractivity contribution is -0.0177. The molecule has 0 aliphatic carbocycles. The quantitative estimate of drug-likeness (QED) is 0.349. The van der Waals surface area contributed by atoms with Crippen LogP contribution in [0.4, 0.5) is 5.69 Å². The van der Waals surface area contributed by atoms with Gasteiger partial charge in [-0.25, -0.2) is 0 Å². The molecule has 11 nitrogen and oxygen atoms in total. The fraction of sp³-hybridized carbons (Fsp3) is 0.472. The van der Waals surface area contributed by atoms with Crippen LogP contribution in [0.25, 0.3) is 0 Å². The zero-order chi connectivity index (χ0) is 33.3. The van der Waals surface area contributed by atoms with E-state index >= 15 is 0 Å². The minimum Gasteiger partial charge on any atom is -0.490 e. The first kappa shape index (κ1) is 34.2. The second-order valence-electron chi connectivity index (χ2n) is 12.6. The van der Waals surface area contributed by atoms with E-state index < -0.39 is 6.04 Å². The fourth-order valence-corrected chi connectivity index (χ4v) is 5.89. The molecule has 3 aromatic rings. The second-order valence-corrected chi connectivity index (χ2v) is 12.6. The Morgan fingerprint density at radius 1 is 1.06 bits per heavy atom. The maximum Gasteiger partial charge on any atom is 0.258 e. The Morgan fingerprint density at radius 2 is 1.83 bits per heavy atom. The van der Waals surface area contributed by atoms with E-state index in [-0.39, 0.29) is 43.3 Å². The van der Waals surface area contributed by atoms with Gasteiger partial charge in [0, 0.05) is 55.8 Å². The van der Waals surface area contributed by atoms with Crippen molar-refractivity contribution >= 4 is 17.5 Å². The van der Waals surface area contributed by atoms with Crippen LogP contribution in [0.5, 0.6) is 17.2 Å². The molecule has 5 rings (SSSR count). The predicted molar refractivity (Wildman–Crippen MR) is 178 cm³/mol. The summed E-state index contributed by atoms with van der Waals surface area (Å²) >= 11 is 0. The number of hydrogen-bond donors (Lipinski definition) is 2. The van der Waals surface area contributed by atoms with Gasteiger partial charge in [-0.1, -0.05) is 13.0 Å². The molecule has 1 aromatic heterocycles. The average molecular weight is 647 g/mol. The Morgan fingerprint density at radius 3 is 2.62 bits per heavy atom. The van der Waals surface area contributed by atoms with Crippen molar-refractivity contribution in [3.8, 4) is 17.2 Å². The minimum atomic E-state index is -0.467. The molecule has 252 valence electrons. The molecule has 0 saturated carbocycles. The van der Waals surface area contributed by atoms with Gasteiger partial charge in [-0.2, -0.15) is 0 Å². The van der Waals surface area contributed by atoms with Crippen molar-refractivity contribution in [2.75, 3.05) is 45.5 Å². The minimum absolute atomic E-state index is 0.0621. The number of anilines is 1. The number of nitrogens with one attached hydrogen (secondary N) is 1. The number of carbonyl (C=O) groups is 2. The zero-order valence-electron chi connectivity index (χ0n) is 27.7. The molecule has 2 aliphatic heterocycles. The summed E-state index contributed by atoms with van der Waals surface area (Å²) in [5.41, 5.74) is 2.35. The molecule has 0 saturated heterocycles. The lowest BCUT2D eigenvalue weighted by Gasteiger charge is -2.36. The zero-order valence-corrected chi connectivity index (χ0v) is 27.7. The number of hydrogen-bond acceptors (Lipinski definition) is 9. The van der Waals surface area contributed by atoms with E-state index in [4.69, 9.17) is 18.9 Å². The molecule has 0 unspecified atom stereocenters. The van der Waals surface area contributed by atoms with Crippen LogP contribution in [0.1, 0.15) is 66.3 Å². The summed E-state index contributed by atoms with van der Waals surface area (Å²) in [7, 11) is 2.06. The van der Waals surface area contributed by atoms with E-state index in [2.05, 4.69) is 29.2 Å². The SMILES string of the molecule is C[C@@H]1CCCCO[C@@H](CN(C)Cc2ccc3c(c2)OCO3)[C@H](C)CN([C@@H](C)CO)C(=O)c2cc(NC(=O)c3ccncc3)ccc2O1. The van der Waals surface area contributed by atoms with Gasteiger partial charge < -0.3 is 34.3 Å². The van der Waals surface area contributed by atoms with Crippen molar-refractivity contribution in [3.05, 3.63) is 77.6 Å². The second kappa shape index (κ2) is 16.1. The van der Waals surface area contributed by atoms with E-state index in [1.165, 1.54) is 0 Å². The van der Waals surface area contributed by atoms with Crippen LogP contribution in [0.15, 0.2) is 60.9 Å². The lowest BCUT2D eigenvalue weighted by atomic mass is 10.0. The van der Waals surface area contributed by atoms with Crippen LogP contribution in [0, 0.1) is 5.92 Å². The van der Waals surface area contributed by atoms with Gasteiger partial charge in [0.15, 0.2) is 11.5 Å². The van der Waals surface area contributed by atoms with Gasteiger partial charge in [-0.3, -0.25) is 19.5 Å². The molecule has 2 aromatic carbocycles. The summed E-state index contributed by atoms with van der Waals surface area (Å²) in [6.07, 6.45) is 5.37. The fourth-order valence-electron chi connectivity index (χ4n) is 5.89. The third kappa shape index (κ3) is 9.00. The van der Waals surface area contributed by atoms with E-state index in [1.54, 1.807) is 47.6 Å². The van der Waals surface area contributed by atoms with Crippen LogP contribution in [-0.4, -0.2) is 90.1 Å². The highest BCUT2D eigenvalue weighted by Gasteiger charge is 2.30. The highest BCUT2D eigenvalue weighted by Crippen LogP contribution is 2.33. The molecule has 47 heavy (non-hydrogen) atoms. The molecule has 0 bridgehead atoms. The summed E-state index contributed by atoms with van der Waals surface area (Å²) in [5.74, 6) is 1.29. The predicted octanol–water partition coefficient (Wildman–Crippen LogP) is 4.99. The van der Waals surface area contributed by atoms with Crippen molar-refractivity contribution in [1.29, 1.82) is 0 Å². The Labute approximate surface area is 276 Å². The number of rotatable bonds is 8. The van der Waals surface area contributed by atoms with Gasteiger partial charge in [0.05, 0.1) is 30.4 Å². The van der Waals surface area contributed by atoms with Crippen LogP contribution in [0.3, 0.4) is 0 Å². The Hall–Kier alpha value is -4.19. The summed E-state index contributed by atoms with van der Waals surface area (Å²) < 4.78 is 23.8. The van der Waals surface area contributed by atoms with Gasteiger partial charge >= 0.3 is 0 Å². The van der Waals surface area contributed by atoms with Gasteiger partial charge in [0.2, 0.25) is 6.79 Å². The van der Waals surface area contributed by atoms with Crippen LogP contribution in [0.2, 0.25) is 0 Å². The summed E-state index contributed by atoms with van der Waals surface area (Å²) in [4.78, 5) is 35.2. The summed E-state index contributed by atoms with van der Waals surface area (Å²) in [5, 5.41) is 13.1. The largest absolute Gasteiger partial charge is 0.490 e. The van der Waals surface area contributed by atoms with Gasteiger partial charge in [-0.15, -0.1) is 0 Å². The third-order valence-corrected chi connectivity index (χ3v) is 8.63. The number of benzene rings is 2. The van der Waals surface area contributed by atoms with E-state index in [0.717, 1.165) is 36.3 Å². The number of ether oxygens (including phenoxy) is 4. The van der Waals surface area contributed by atoms with E-state index in [0.29, 0.717) is 48.8 Å².